The molecule has 2 heterocycles. The number of nitrogens with one attached hydrogen (secondary N) is 1. The molecule has 1 aromatic carbocycles. The third-order valence-corrected chi connectivity index (χ3v) is 5.80. The number of benzene rings is 1. The van der Waals surface area contributed by atoms with Crippen LogP contribution in [0.3, 0.4) is 0 Å². The Morgan fingerprint density at radius 3 is 2.60 bits per heavy atom. The number of aryl methyl sites for hydroxylation is 1. The van der Waals surface area contributed by atoms with Crippen molar-refractivity contribution in [3.05, 3.63) is 78.1 Å². The van der Waals surface area contributed by atoms with E-state index >= 15 is 0 Å². The van der Waals surface area contributed by atoms with Gasteiger partial charge < -0.3 is 14.8 Å². The molecular weight excluding hydrogens is 378 g/mol. The maximum absolute atomic E-state index is 13.0. The van der Waals surface area contributed by atoms with Crippen molar-refractivity contribution >= 4 is 11.7 Å². The molecule has 2 aromatic heterocycles. The number of rotatable bonds is 8. The minimum absolute atomic E-state index is 0.0167. The fraction of sp³-hybridized carbons (Fsp3) is 0.292. The van der Waals surface area contributed by atoms with Crippen molar-refractivity contribution in [3.63, 3.8) is 0 Å². The average molecular weight is 403 g/mol. The molecule has 1 aliphatic rings. The molecule has 3 aromatic rings. The number of pyridine rings is 2. The van der Waals surface area contributed by atoms with E-state index < -0.39 is 0 Å². The topological polar surface area (TPSA) is 73.3 Å². The van der Waals surface area contributed by atoms with Gasteiger partial charge in [0.1, 0.15) is 5.82 Å². The minimum Gasteiger partial charge on any atom is -0.491 e. The Morgan fingerprint density at radius 2 is 1.90 bits per heavy atom. The lowest BCUT2D eigenvalue weighted by Gasteiger charge is -2.18. The van der Waals surface area contributed by atoms with Crippen LogP contribution in [0.1, 0.15) is 24.0 Å². The normalized spacial score (nSPS) is 19.7. The van der Waals surface area contributed by atoms with Gasteiger partial charge in [0, 0.05) is 23.7 Å². The number of amides is 1. The molecule has 0 aliphatic heterocycles. The number of hydrogen-bond acceptors (Lipinski definition) is 5. The highest BCUT2D eigenvalue weighted by molar-refractivity contribution is 5.95. The van der Waals surface area contributed by atoms with Crippen LogP contribution in [-0.2, 0) is 16.6 Å². The van der Waals surface area contributed by atoms with Crippen molar-refractivity contribution in [2.75, 3.05) is 19.5 Å². The number of ether oxygens (including phenoxy) is 2. The van der Waals surface area contributed by atoms with Crippen molar-refractivity contribution in [3.8, 4) is 11.6 Å². The van der Waals surface area contributed by atoms with E-state index in [9.17, 15) is 4.79 Å². The Morgan fingerprint density at radius 1 is 1.10 bits per heavy atom. The molecule has 1 N–H and O–H groups in total. The van der Waals surface area contributed by atoms with Gasteiger partial charge in [0.25, 0.3) is 5.88 Å². The van der Waals surface area contributed by atoms with Crippen LogP contribution in [0.25, 0.3) is 0 Å². The van der Waals surface area contributed by atoms with Crippen molar-refractivity contribution in [1.82, 2.24) is 9.97 Å². The molecule has 154 valence electrons. The van der Waals surface area contributed by atoms with Gasteiger partial charge in [-0.05, 0) is 48.6 Å². The largest absolute Gasteiger partial charge is 0.491 e. The Hall–Kier alpha value is -3.41. The van der Waals surface area contributed by atoms with Crippen molar-refractivity contribution < 1.29 is 14.3 Å². The third kappa shape index (κ3) is 3.99. The highest BCUT2D eigenvalue weighted by Crippen LogP contribution is 2.57. The van der Waals surface area contributed by atoms with Gasteiger partial charge in [0.2, 0.25) is 5.91 Å². The predicted octanol–water partition coefficient (Wildman–Crippen LogP) is 4.02. The molecule has 1 fully saturated rings. The maximum Gasteiger partial charge on any atom is 0.256 e. The third-order valence-electron chi connectivity index (χ3n) is 5.80. The van der Waals surface area contributed by atoms with E-state index in [0.29, 0.717) is 17.4 Å². The summed E-state index contributed by atoms with van der Waals surface area (Å²) in [6.45, 7) is 0. The predicted molar refractivity (Wildman–Crippen MR) is 115 cm³/mol. The Balaban J connectivity index is 1.53. The number of nitrogens with zero attached hydrogens (tertiary/aromatic N) is 2. The van der Waals surface area contributed by atoms with Crippen LogP contribution >= 0.6 is 0 Å². The molecule has 2 unspecified atom stereocenters. The fourth-order valence-corrected chi connectivity index (χ4v) is 4.08. The summed E-state index contributed by atoms with van der Waals surface area (Å²) < 4.78 is 10.6. The summed E-state index contributed by atoms with van der Waals surface area (Å²) >= 11 is 0. The van der Waals surface area contributed by atoms with E-state index in [1.807, 2.05) is 42.6 Å². The first kappa shape index (κ1) is 19.9. The SMILES string of the molecule is COc1cc(CCC2(c3ccccc3)CC2C(=O)Nc2ccccn2)cnc1OC. The standard InChI is InChI=1S/C24H25N3O3/c1-29-20-14-17(16-26-23(20)30-2)11-12-24(18-8-4-3-5-9-18)15-19(24)22(28)27-21-10-6-7-13-25-21/h3-10,13-14,16,19H,11-12,15H2,1-2H3,(H,25,27,28). The van der Waals surface area contributed by atoms with Gasteiger partial charge in [-0.15, -0.1) is 0 Å². The first-order valence-electron chi connectivity index (χ1n) is 10.0. The van der Waals surface area contributed by atoms with Gasteiger partial charge in [0.05, 0.1) is 14.2 Å². The summed E-state index contributed by atoms with van der Waals surface area (Å²) in [5.41, 5.74) is 2.06. The van der Waals surface area contributed by atoms with Gasteiger partial charge in [-0.25, -0.2) is 9.97 Å². The van der Waals surface area contributed by atoms with Gasteiger partial charge in [-0.2, -0.15) is 0 Å². The Kier molecular flexibility index (Phi) is 5.65. The number of hydrogen-bond donors (Lipinski definition) is 1. The minimum atomic E-state index is -0.187. The van der Waals surface area contributed by atoms with Crippen LogP contribution in [0, 0.1) is 5.92 Å². The molecule has 0 spiro atoms. The summed E-state index contributed by atoms with van der Waals surface area (Å²) in [5, 5.41) is 2.96. The van der Waals surface area contributed by atoms with E-state index in [2.05, 4.69) is 27.4 Å². The lowest BCUT2D eigenvalue weighted by molar-refractivity contribution is -0.117. The summed E-state index contributed by atoms with van der Waals surface area (Å²) in [6.07, 6.45) is 5.93. The van der Waals surface area contributed by atoms with Gasteiger partial charge >= 0.3 is 0 Å². The number of methoxy groups -OCH3 is 2. The fourth-order valence-electron chi connectivity index (χ4n) is 4.08. The molecule has 0 bridgehead atoms. The lowest BCUT2D eigenvalue weighted by atomic mass is 9.87. The summed E-state index contributed by atoms with van der Waals surface area (Å²) in [6, 6.07) is 17.7. The second-order valence-corrected chi connectivity index (χ2v) is 7.54. The summed E-state index contributed by atoms with van der Waals surface area (Å²) in [4.78, 5) is 21.5. The molecule has 6 heteroatoms. The van der Waals surface area contributed by atoms with Crippen LogP contribution < -0.4 is 14.8 Å². The van der Waals surface area contributed by atoms with Crippen LogP contribution in [0.2, 0.25) is 0 Å². The molecular formula is C24H25N3O3. The molecule has 6 nitrogen and oxygen atoms in total. The molecule has 1 aliphatic carbocycles. The number of carbonyl (C=O) groups is 1. The zero-order valence-corrected chi connectivity index (χ0v) is 17.2. The monoisotopic (exact) mass is 403 g/mol. The Bertz CT molecular complexity index is 1010. The highest BCUT2D eigenvalue weighted by atomic mass is 16.5. The number of carbonyl (C=O) groups excluding carboxylic acids is 1. The van der Waals surface area contributed by atoms with Crippen LogP contribution in [0.4, 0.5) is 5.82 Å². The van der Waals surface area contributed by atoms with Gasteiger partial charge in [-0.3, -0.25) is 4.79 Å². The van der Waals surface area contributed by atoms with E-state index in [-0.39, 0.29) is 17.2 Å². The smallest absolute Gasteiger partial charge is 0.256 e. The zero-order chi connectivity index (χ0) is 21.0. The quantitative estimate of drug-likeness (QED) is 0.615. The van der Waals surface area contributed by atoms with E-state index in [1.54, 1.807) is 26.5 Å². The molecule has 30 heavy (non-hydrogen) atoms. The second-order valence-electron chi connectivity index (χ2n) is 7.54. The first-order valence-corrected chi connectivity index (χ1v) is 10.0. The molecule has 1 saturated carbocycles. The summed E-state index contributed by atoms with van der Waals surface area (Å²) in [7, 11) is 3.18. The van der Waals surface area contributed by atoms with Crippen LogP contribution in [0.15, 0.2) is 67.0 Å². The first-order chi connectivity index (χ1) is 14.7. The molecule has 0 radical (unpaired) electrons. The van der Waals surface area contributed by atoms with E-state index in [0.717, 1.165) is 24.8 Å². The van der Waals surface area contributed by atoms with Crippen LogP contribution in [0.5, 0.6) is 11.6 Å². The maximum atomic E-state index is 13.0. The summed E-state index contributed by atoms with van der Waals surface area (Å²) in [5.74, 6) is 1.60. The Labute approximate surface area is 176 Å². The zero-order valence-electron chi connectivity index (χ0n) is 17.2. The number of anilines is 1. The average Bonchev–Trinajstić information content (AvgIpc) is 3.55. The van der Waals surface area contributed by atoms with E-state index in [1.165, 1.54) is 5.56 Å². The second kappa shape index (κ2) is 8.53. The molecule has 2 atom stereocenters. The van der Waals surface area contributed by atoms with Crippen molar-refractivity contribution in [2.45, 2.75) is 24.7 Å². The van der Waals surface area contributed by atoms with Crippen molar-refractivity contribution in [1.29, 1.82) is 0 Å². The van der Waals surface area contributed by atoms with Gasteiger partial charge in [-0.1, -0.05) is 36.4 Å². The lowest BCUT2D eigenvalue weighted by Crippen LogP contribution is -2.22. The molecule has 4 rings (SSSR count). The molecule has 1 amide bonds. The highest BCUT2D eigenvalue weighted by Gasteiger charge is 2.58. The van der Waals surface area contributed by atoms with E-state index in [4.69, 9.17) is 9.47 Å². The van der Waals surface area contributed by atoms with Gasteiger partial charge in [0.15, 0.2) is 5.75 Å². The number of aromatic nitrogens is 2. The van der Waals surface area contributed by atoms with Crippen LogP contribution in [-0.4, -0.2) is 30.1 Å². The van der Waals surface area contributed by atoms with Crippen molar-refractivity contribution in [2.24, 2.45) is 5.92 Å². The molecule has 0 saturated heterocycles.